The first kappa shape index (κ1) is 22.1. The molecule has 1 heterocycles. The van der Waals surface area contributed by atoms with Crippen molar-refractivity contribution in [2.45, 2.75) is 25.8 Å². The van der Waals surface area contributed by atoms with Crippen LogP contribution in [-0.4, -0.2) is 29.8 Å². The molecule has 4 rings (SSSR count). The number of halogens is 1. The molecular weight excluding hydrogens is 420 g/mol. The first-order chi connectivity index (χ1) is 15.5. The van der Waals surface area contributed by atoms with Crippen molar-refractivity contribution in [1.82, 2.24) is 10.2 Å². The van der Waals surface area contributed by atoms with Gasteiger partial charge in [0.05, 0.1) is 6.04 Å². The summed E-state index contributed by atoms with van der Waals surface area (Å²) < 4.78 is 0. The molecular formula is C27H27ClN2O2. The zero-order chi connectivity index (χ0) is 22.5. The van der Waals surface area contributed by atoms with Crippen LogP contribution in [0.4, 0.5) is 0 Å². The molecule has 32 heavy (non-hydrogen) atoms. The smallest absolute Gasteiger partial charge is 0.254 e. The van der Waals surface area contributed by atoms with Crippen molar-refractivity contribution in [3.8, 4) is 0 Å². The SMILES string of the molecule is Cc1ccccc1C(=O)N1CCC(C(=O)NC(c2ccccc2)c2ccc(Cl)cc2)CC1. The molecule has 0 saturated carbocycles. The van der Waals surface area contributed by atoms with E-state index >= 15 is 0 Å². The summed E-state index contributed by atoms with van der Waals surface area (Å²) in [7, 11) is 0. The van der Waals surface area contributed by atoms with Gasteiger partial charge in [0.1, 0.15) is 0 Å². The zero-order valence-corrected chi connectivity index (χ0v) is 18.9. The lowest BCUT2D eigenvalue weighted by Gasteiger charge is -2.32. The van der Waals surface area contributed by atoms with E-state index < -0.39 is 0 Å². The van der Waals surface area contributed by atoms with Gasteiger partial charge in [-0.3, -0.25) is 9.59 Å². The molecule has 1 fully saturated rings. The number of nitrogens with one attached hydrogen (secondary N) is 1. The molecule has 4 nitrogen and oxygen atoms in total. The Morgan fingerprint density at radius 1 is 0.875 bits per heavy atom. The molecule has 0 aromatic heterocycles. The van der Waals surface area contributed by atoms with E-state index in [4.69, 9.17) is 11.6 Å². The quantitative estimate of drug-likeness (QED) is 0.570. The number of piperidine rings is 1. The maximum absolute atomic E-state index is 13.2. The highest BCUT2D eigenvalue weighted by Gasteiger charge is 2.30. The Kier molecular flexibility index (Phi) is 6.91. The van der Waals surface area contributed by atoms with E-state index in [0.29, 0.717) is 31.0 Å². The summed E-state index contributed by atoms with van der Waals surface area (Å²) in [5.41, 5.74) is 3.73. The molecule has 0 spiro atoms. The summed E-state index contributed by atoms with van der Waals surface area (Å²) in [4.78, 5) is 27.9. The van der Waals surface area contributed by atoms with Crippen molar-refractivity contribution in [3.05, 3.63) is 106 Å². The van der Waals surface area contributed by atoms with Gasteiger partial charge in [0.25, 0.3) is 5.91 Å². The summed E-state index contributed by atoms with van der Waals surface area (Å²) in [5.74, 6) is -0.0449. The molecule has 3 aromatic carbocycles. The first-order valence-corrected chi connectivity index (χ1v) is 11.4. The van der Waals surface area contributed by atoms with Gasteiger partial charge in [-0.2, -0.15) is 0 Å². The van der Waals surface area contributed by atoms with E-state index in [1.807, 2.05) is 90.7 Å². The molecule has 1 saturated heterocycles. The lowest BCUT2D eigenvalue weighted by molar-refractivity contribution is -0.126. The Hall–Kier alpha value is -3.11. The topological polar surface area (TPSA) is 49.4 Å². The van der Waals surface area contributed by atoms with Crippen LogP contribution >= 0.6 is 11.6 Å². The average Bonchev–Trinajstić information content (AvgIpc) is 2.83. The number of carbonyl (C=O) groups excluding carboxylic acids is 2. The minimum absolute atomic E-state index is 0.0248. The second kappa shape index (κ2) is 10.0. The fourth-order valence-electron chi connectivity index (χ4n) is 4.25. The number of hydrogen-bond donors (Lipinski definition) is 1. The van der Waals surface area contributed by atoms with Crippen molar-refractivity contribution in [2.24, 2.45) is 5.92 Å². The number of hydrogen-bond acceptors (Lipinski definition) is 2. The van der Waals surface area contributed by atoms with Crippen molar-refractivity contribution >= 4 is 23.4 Å². The van der Waals surface area contributed by atoms with Crippen molar-refractivity contribution in [1.29, 1.82) is 0 Å². The van der Waals surface area contributed by atoms with Gasteiger partial charge in [-0.15, -0.1) is 0 Å². The van der Waals surface area contributed by atoms with Crippen LogP contribution in [-0.2, 0) is 4.79 Å². The summed E-state index contributed by atoms with van der Waals surface area (Å²) in [6, 6.07) is 24.9. The fraction of sp³-hybridized carbons (Fsp3) is 0.259. The molecule has 2 amide bonds. The van der Waals surface area contributed by atoms with E-state index in [1.54, 1.807) is 0 Å². The monoisotopic (exact) mass is 446 g/mol. The Labute approximate surface area is 194 Å². The molecule has 3 aromatic rings. The molecule has 164 valence electrons. The molecule has 5 heteroatoms. The Morgan fingerprint density at radius 3 is 2.12 bits per heavy atom. The van der Waals surface area contributed by atoms with E-state index in [0.717, 1.165) is 22.3 Å². The number of likely N-dealkylation sites (tertiary alicyclic amines) is 1. The maximum atomic E-state index is 13.2. The van der Waals surface area contributed by atoms with Crippen LogP contribution in [0.3, 0.4) is 0 Å². The number of rotatable bonds is 5. The van der Waals surface area contributed by atoms with Gasteiger partial charge in [-0.25, -0.2) is 0 Å². The molecule has 1 atom stereocenters. The highest BCUT2D eigenvalue weighted by atomic mass is 35.5. The lowest BCUT2D eigenvalue weighted by atomic mass is 9.93. The Balaban J connectivity index is 1.43. The molecule has 1 N–H and O–H groups in total. The number of aryl methyl sites for hydroxylation is 1. The minimum Gasteiger partial charge on any atom is -0.345 e. The third kappa shape index (κ3) is 5.03. The fourth-order valence-corrected chi connectivity index (χ4v) is 4.37. The summed E-state index contributed by atoms with van der Waals surface area (Å²) in [6.07, 6.45) is 1.32. The van der Waals surface area contributed by atoms with Gasteiger partial charge < -0.3 is 10.2 Å². The Morgan fingerprint density at radius 2 is 1.47 bits per heavy atom. The van der Waals surface area contributed by atoms with E-state index in [1.165, 1.54) is 0 Å². The molecule has 0 bridgehead atoms. The van der Waals surface area contributed by atoms with Crippen LogP contribution in [0.15, 0.2) is 78.9 Å². The molecule has 1 unspecified atom stereocenters. The van der Waals surface area contributed by atoms with Gasteiger partial charge in [0.2, 0.25) is 5.91 Å². The lowest BCUT2D eigenvalue weighted by Crippen LogP contribution is -2.44. The van der Waals surface area contributed by atoms with Crippen LogP contribution in [0.25, 0.3) is 0 Å². The largest absolute Gasteiger partial charge is 0.345 e. The van der Waals surface area contributed by atoms with Gasteiger partial charge in [-0.05, 0) is 54.7 Å². The van der Waals surface area contributed by atoms with Gasteiger partial charge in [0.15, 0.2) is 0 Å². The highest BCUT2D eigenvalue weighted by molar-refractivity contribution is 6.30. The second-order valence-corrected chi connectivity index (χ2v) is 8.72. The van der Waals surface area contributed by atoms with Crippen LogP contribution in [0.5, 0.6) is 0 Å². The van der Waals surface area contributed by atoms with Crippen molar-refractivity contribution in [2.75, 3.05) is 13.1 Å². The molecule has 0 aliphatic carbocycles. The van der Waals surface area contributed by atoms with Gasteiger partial charge in [-0.1, -0.05) is 72.3 Å². The predicted octanol–water partition coefficient (Wildman–Crippen LogP) is 5.41. The first-order valence-electron chi connectivity index (χ1n) is 11.0. The third-order valence-corrected chi connectivity index (χ3v) is 6.40. The zero-order valence-electron chi connectivity index (χ0n) is 18.1. The van der Waals surface area contributed by atoms with Gasteiger partial charge in [0, 0.05) is 29.6 Å². The van der Waals surface area contributed by atoms with E-state index in [9.17, 15) is 9.59 Å². The highest BCUT2D eigenvalue weighted by Crippen LogP contribution is 2.26. The number of benzene rings is 3. The maximum Gasteiger partial charge on any atom is 0.254 e. The Bertz CT molecular complexity index is 1070. The standard InChI is InChI=1S/C27H27ClN2O2/c1-19-7-5-6-10-24(19)27(32)30-17-15-22(16-18-30)26(31)29-25(20-8-3-2-4-9-20)21-11-13-23(28)14-12-21/h2-14,22,25H,15-18H2,1H3,(H,29,31). The molecule has 1 aliphatic heterocycles. The summed E-state index contributed by atoms with van der Waals surface area (Å²) >= 11 is 6.06. The van der Waals surface area contributed by atoms with E-state index in [-0.39, 0.29) is 23.8 Å². The van der Waals surface area contributed by atoms with Crippen molar-refractivity contribution in [3.63, 3.8) is 0 Å². The van der Waals surface area contributed by atoms with Crippen LogP contribution < -0.4 is 5.32 Å². The number of carbonyl (C=O) groups is 2. The number of amides is 2. The summed E-state index contributed by atoms with van der Waals surface area (Å²) in [6.45, 7) is 3.12. The van der Waals surface area contributed by atoms with Gasteiger partial charge >= 0.3 is 0 Å². The predicted molar refractivity (Wildman–Crippen MR) is 128 cm³/mol. The average molecular weight is 447 g/mol. The second-order valence-electron chi connectivity index (χ2n) is 8.29. The summed E-state index contributed by atoms with van der Waals surface area (Å²) in [5, 5.41) is 3.90. The minimum atomic E-state index is -0.243. The van der Waals surface area contributed by atoms with Crippen LogP contribution in [0.1, 0.15) is 45.9 Å². The normalized spacial score (nSPS) is 15.2. The van der Waals surface area contributed by atoms with Crippen LogP contribution in [0, 0.1) is 12.8 Å². The molecule has 0 radical (unpaired) electrons. The molecule has 1 aliphatic rings. The van der Waals surface area contributed by atoms with E-state index in [2.05, 4.69) is 5.32 Å². The van der Waals surface area contributed by atoms with Crippen LogP contribution in [0.2, 0.25) is 5.02 Å². The number of nitrogens with zero attached hydrogens (tertiary/aromatic N) is 1. The third-order valence-electron chi connectivity index (χ3n) is 6.15. The van der Waals surface area contributed by atoms with Crippen molar-refractivity contribution < 1.29 is 9.59 Å².